The van der Waals surface area contributed by atoms with Gasteiger partial charge in [0.25, 0.3) is 0 Å². The third-order valence-corrected chi connectivity index (χ3v) is 3.39. The second-order valence-electron chi connectivity index (χ2n) is 6.19. The Morgan fingerprint density at radius 2 is 2.10 bits per heavy atom. The molecule has 1 aliphatic rings. The normalized spacial score (nSPS) is 15.0. The minimum absolute atomic E-state index is 0.262. The molecule has 0 unspecified atom stereocenters. The number of anilines is 1. The number of carbonyl (C=O) groups excluding carboxylic acids is 1. The Balaban J connectivity index is 2.11. The van der Waals surface area contributed by atoms with Crippen molar-refractivity contribution < 1.29 is 9.53 Å². The van der Waals surface area contributed by atoms with Crippen molar-refractivity contribution in [1.29, 1.82) is 0 Å². The average molecular weight is 297 g/mol. The van der Waals surface area contributed by atoms with E-state index in [0.29, 0.717) is 17.3 Å². The lowest BCUT2D eigenvalue weighted by atomic mass is 10.2. The molecule has 0 saturated heterocycles. The maximum atomic E-state index is 12.3. The number of halogens is 1. The molecule has 0 atom stereocenters. The lowest BCUT2D eigenvalue weighted by Gasteiger charge is -2.27. The SMILES string of the molecule is CC(C)(C)OC(=O)N(Cc1ccc(N)cc1Cl)C1CC1. The summed E-state index contributed by atoms with van der Waals surface area (Å²) in [5, 5.41) is 0.583. The van der Waals surface area contributed by atoms with Crippen molar-refractivity contribution in [3.05, 3.63) is 28.8 Å². The van der Waals surface area contributed by atoms with Gasteiger partial charge >= 0.3 is 6.09 Å². The summed E-state index contributed by atoms with van der Waals surface area (Å²) in [4.78, 5) is 14.0. The van der Waals surface area contributed by atoms with E-state index in [-0.39, 0.29) is 12.1 Å². The van der Waals surface area contributed by atoms with Gasteiger partial charge in [-0.2, -0.15) is 0 Å². The maximum absolute atomic E-state index is 12.3. The number of nitrogens with two attached hydrogens (primary N) is 1. The van der Waals surface area contributed by atoms with Crippen LogP contribution < -0.4 is 5.73 Å². The molecule has 1 aliphatic carbocycles. The molecule has 1 amide bonds. The Bertz CT molecular complexity index is 507. The fourth-order valence-electron chi connectivity index (χ4n) is 1.92. The molecule has 1 fully saturated rings. The Labute approximate surface area is 124 Å². The van der Waals surface area contributed by atoms with Crippen LogP contribution in [0.4, 0.5) is 10.5 Å². The molecule has 2 N–H and O–H groups in total. The third kappa shape index (κ3) is 4.04. The van der Waals surface area contributed by atoms with Gasteiger partial charge in [0.15, 0.2) is 0 Å². The van der Waals surface area contributed by atoms with Crippen LogP contribution in [0.15, 0.2) is 18.2 Å². The van der Waals surface area contributed by atoms with E-state index in [1.54, 1.807) is 17.0 Å². The highest BCUT2D eigenvalue weighted by Gasteiger charge is 2.35. The maximum Gasteiger partial charge on any atom is 0.410 e. The van der Waals surface area contributed by atoms with Crippen molar-refractivity contribution in [2.24, 2.45) is 0 Å². The van der Waals surface area contributed by atoms with Crippen LogP contribution in [0, 0.1) is 0 Å². The molecule has 20 heavy (non-hydrogen) atoms. The summed E-state index contributed by atoms with van der Waals surface area (Å²) in [7, 11) is 0. The van der Waals surface area contributed by atoms with Gasteiger partial charge in [-0.05, 0) is 51.3 Å². The zero-order valence-corrected chi connectivity index (χ0v) is 12.9. The quantitative estimate of drug-likeness (QED) is 0.863. The second-order valence-corrected chi connectivity index (χ2v) is 6.60. The van der Waals surface area contributed by atoms with E-state index < -0.39 is 5.60 Å². The van der Waals surface area contributed by atoms with Crippen molar-refractivity contribution >= 4 is 23.4 Å². The fourth-order valence-corrected chi connectivity index (χ4v) is 2.17. The van der Waals surface area contributed by atoms with Crippen molar-refractivity contribution in [2.75, 3.05) is 5.73 Å². The molecular weight excluding hydrogens is 276 g/mol. The summed E-state index contributed by atoms with van der Waals surface area (Å²) in [6.45, 7) is 6.06. The molecule has 0 radical (unpaired) electrons. The Morgan fingerprint density at radius 3 is 2.60 bits per heavy atom. The highest BCUT2D eigenvalue weighted by Crippen LogP contribution is 2.31. The van der Waals surface area contributed by atoms with Crippen LogP contribution in [0.3, 0.4) is 0 Å². The van der Waals surface area contributed by atoms with Gasteiger partial charge in [-0.1, -0.05) is 17.7 Å². The summed E-state index contributed by atoms with van der Waals surface area (Å²) in [6.07, 6.45) is 1.75. The molecular formula is C15H21ClN2O2. The lowest BCUT2D eigenvalue weighted by Crippen LogP contribution is -2.37. The van der Waals surface area contributed by atoms with E-state index in [4.69, 9.17) is 22.1 Å². The Morgan fingerprint density at radius 1 is 1.45 bits per heavy atom. The Hall–Kier alpha value is -1.42. The standard InChI is InChI=1S/C15H21ClN2O2/c1-15(2,3)20-14(19)18(12-6-7-12)9-10-4-5-11(17)8-13(10)16/h4-5,8,12H,6-7,9,17H2,1-3H3. The van der Waals surface area contributed by atoms with Gasteiger partial charge in [0.1, 0.15) is 5.60 Å². The third-order valence-electron chi connectivity index (χ3n) is 3.03. The average Bonchev–Trinajstić information content (AvgIpc) is 3.09. The van der Waals surface area contributed by atoms with Crippen LogP contribution in [0.1, 0.15) is 39.2 Å². The minimum atomic E-state index is -0.491. The van der Waals surface area contributed by atoms with Crippen LogP contribution in [-0.4, -0.2) is 22.6 Å². The lowest BCUT2D eigenvalue weighted by molar-refractivity contribution is 0.0217. The number of ether oxygens (including phenoxy) is 1. The first-order valence-electron chi connectivity index (χ1n) is 6.80. The topological polar surface area (TPSA) is 55.6 Å². The highest BCUT2D eigenvalue weighted by molar-refractivity contribution is 6.31. The van der Waals surface area contributed by atoms with Gasteiger partial charge < -0.3 is 15.4 Å². The van der Waals surface area contributed by atoms with Gasteiger partial charge in [-0.15, -0.1) is 0 Å². The van der Waals surface area contributed by atoms with Gasteiger partial charge in [-0.3, -0.25) is 0 Å². The van der Waals surface area contributed by atoms with E-state index in [0.717, 1.165) is 18.4 Å². The molecule has 0 aliphatic heterocycles. The molecule has 0 spiro atoms. The number of hydrogen-bond donors (Lipinski definition) is 1. The van der Waals surface area contributed by atoms with E-state index in [1.165, 1.54) is 0 Å². The predicted octanol–water partition coefficient (Wildman–Crippen LogP) is 3.82. The number of nitrogen functional groups attached to an aromatic ring is 1. The molecule has 2 rings (SSSR count). The molecule has 4 nitrogen and oxygen atoms in total. The molecule has 0 aromatic heterocycles. The van der Waals surface area contributed by atoms with Crippen LogP contribution in [0.2, 0.25) is 5.02 Å². The van der Waals surface area contributed by atoms with Crippen LogP contribution >= 0.6 is 11.6 Å². The van der Waals surface area contributed by atoms with Crippen LogP contribution in [0.5, 0.6) is 0 Å². The highest BCUT2D eigenvalue weighted by atomic mass is 35.5. The number of rotatable bonds is 3. The van der Waals surface area contributed by atoms with E-state index in [9.17, 15) is 4.79 Å². The first kappa shape index (κ1) is 15.0. The van der Waals surface area contributed by atoms with Gasteiger partial charge in [0, 0.05) is 16.8 Å². The minimum Gasteiger partial charge on any atom is -0.444 e. The number of benzene rings is 1. The molecule has 0 bridgehead atoms. The first-order chi connectivity index (χ1) is 9.26. The molecule has 0 heterocycles. The summed E-state index contributed by atoms with van der Waals surface area (Å²) >= 11 is 6.18. The van der Waals surface area contributed by atoms with Crippen LogP contribution in [0.25, 0.3) is 0 Å². The van der Waals surface area contributed by atoms with Crippen molar-refractivity contribution in [1.82, 2.24) is 4.90 Å². The van der Waals surface area contributed by atoms with Gasteiger partial charge in [0.05, 0.1) is 6.54 Å². The Kier molecular flexibility index (Phi) is 4.14. The molecule has 1 saturated carbocycles. The summed E-state index contributed by atoms with van der Waals surface area (Å²) in [5.74, 6) is 0. The van der Waals surface area contributed by atoms with Gasteiger partial charge in [0.2, 0.25) is 0 Å². The molecule has 1 aromatic rings. The largest absolute Gasteiger partial charge is 0.444 e. The van der Waals surface area contributed by atoms with E-state index >= 15 is 0 Å². The van der Waals surface area contributed by atoms with Crippen molar-refractivity contribution in [3.63, 3.8) is 0 Å². The number of hydrogen-bond acceptors (Lipinski definition) is 3. The first-order valence-corrected chi connectivity index (χ1v) is 7.17. The smallest absolute Gasteiger partial charge is 0.410 e. The molecule has 1 aromatic carbocycles. The van der Waals surface area contributed by atoms with E-state index in [2.05, 4.69) is 0 Å². The van der Waals surface area contributed by atoms with Crippen molar-refractivity contribution in [2.45, 2.75) is 51.8 Å². The van der Waals surface area contributed by atoms with Crippen LogP contribution in [-0.2, 0) is 11.3 Å². The summed E-state index contributed by atoms with van der Waals surface area (Å²) in [5.41, 5.74) is 6.70. The predicted molar refractivity (Wildman–Crippen MR) is 80.7 cm³/mol. The fraction of sp³-hybridized carbons (Fsp3) is 0.533. The van der Waals surface area contributed by atoms with E-state index in [1.807, 2.05) is 26.8 Å². The number of nitrogens with zero attached hydrogens (tertiary/aromatic N) is 1. The molecule has 5 heteroatoms. The van der Waals surface area contributed by atoms with Gasteiger partial charge in [-0.25, -0.2) is 4.79 Å². The second kappa shape index (κ2) is 5.52. The zero-order valence-electron chi connectivity index (χ0n) is 12.1. The monoisotopic (exact) mass is 296 g/mol. The molecule has 110 valence electrons. The zero-order chi connectivity index (χ0) is 14.9. The van der Waals surface area contributed by atoms with Crippen molar-refractivity contribution in [3.8, 4) is 0 Å². The summed E-state index contributed by atoms with van der Waals surface area (Å²) in [6, 6.07) is 5.62. The summed E-state index contributed by atoms with van der Waals surface area (Å²) < 4.78 is 5.46. The number of carbonyl (C=O) groups is 1. The number of amides is 1.